The van der Waals surface area contributed by atoms with Gasteiger partial charge in [0, 0.05) is 32.6 Å². The van der Waals surface area contributed by atoms with E-state index in [-0.39, 0.29) is 19.9 Å². The van der Waals surface area contributed by atoms with Gasteiger partial charge in [-0.1, -0.05) is 44.2 Å². The lowest BCUT2D eigenvalue weighted by atomic mass is 10.0. The van der Waals surface area contributed by atoms with Gasteiger partial charge in [0.1, 0.15) is 25.0 Å². The summed E-state index contributed by atoms with van der Waals surface area (Å²) in [6.45, 7) is 5.59. The number of anilines is 1. The molecule has 2 aromatic carbocycles. The number of ether oxygens (including phenoxy) is 2. The monoisotopic (exact) mass is 492 g/mol. The third kappa shape index (κ3) is 9.66. The van der Waals surface area contributed by atoms with Crippen LogP contribution in [0.15, 0.2) is 79.1 Å². The van der Waals surface area contributed by atoms with E-state index in [2.05, 4.69) is 20.9 Å². The van der Waals surface area contributed by atoms with Crippen molar-refractivity contribution in [1.29, 1.82) is 0 Å². The summed E-state index contributed by atoms with van der Waals surface area (Å²) in [6.07, 6.45) is 3.39. The molecule has 1 atom stereocenters. The van der Waals surface area contributed by atoms with Crippen molar-refractivity contribution in [2.45, 2.75) is 39.5 Å². The first-order valence-corrected chi connectivity index (χ1v) is 12.1. The van der Waals surface area contributed by atoms with Crippen molar-refractivity contribution in [3.05, 3.63) is 90.3 Å². The molecule has 8 heteroatoms. The lowest BCUT2D eigenvalue weighted by Gasteiger charge is -2.20. The number of carbonyl (C=O) groups excluding carboxylic acids is 2. The van der Waals surface area contributed by atoms with E-state index in [0.29, 0.717) is 26.1 Å². The third-order valence-electron chi connectivity index (χ3n) is 5.29. The number of amides is 2. The molecule has 0 aliphatic rings. The van der Waals surface area contributed by atoms with Crippen LogP contribution in [0.5, 0.6) is 5.75 Å². The molecule has 36 heavy (non-hydrogen) atoms. The van der Waals surface area contributed by atoms with Crippen LogP contribution in [0.2, 0.25) is 0 Å². The van der Waals surface area contributed by atoms with Crippen LogP contribution in [0.25, 0.3) is 0 Å². The number of nitrogens with one attached hydrogen (secondary N) is 3. The Bertz CT molecular complexity index is 1070. The number of rotatable bonds is 13. The fourth-order valence-corrected chi connectivity index (χ4v) is 3.44. The fraction of sp³-hybridized carbons (Fsp3) is 0.321. The standard InChI is InChI=1S/C28H34N4O4.H2/c1-21(2)18-26(32-28(34)36-20-22-6-4-3-5-7-22)27(33)31-17-16-30-24-8-10-25(11-9-24)35-19-23-12-14-29-15-13-23;/h3-15,21,26,30H,16-20H2,1-2H3,(H,31,33)(H,32,34);1H/t26-;/m0./s1. The zero-order chi connectivity index (χ0) is 25.6. The van der Waals surface area contributed by atoms with Gasteiger partial charge in [-0.05, 0) is 59.9 Å². The average Bonchev–Trinajstić information content (AvgIpc) is 2.90. The molecule has 0 aliphatic heterocycles. The Morgan fingerprint density at radius 3 is 2.28 bits per heavy atom. The summed E-state index contributed by atoms with van der Waals surface area (Å²) >= 11 is 0. The normalized spacial score (nSPS) is 11.4. The van der Waals surface area contributed by atoms with Crippen LogP contribution in [0.3, 0.4) is 0 Å². The molecular formula is C28H36N4O4. The Labute approximate surface area is 213 Å². The number of hydrogen-bond donors (Lipinski definition) is 3. The first-order chi connectivity index (χ1) is 17.5. The molecule has 0 saturated carbocycles. The number of carbonyl (C=O) groups is 2. The summed E-state index contributed by atoms with van der Waals surface area (Å²) in [5, 5.41) is 8.85. The van der Waals surface area contributed by atoms with Gasteiger partial charge in [-0.15, -0.1) is 0 Å². The van der Waals surface area contributed by atoms with Crippen LogP contribution in [0, 0.1) is 5.92 Å². The third-order valence-corrected chi connectivity index (χ3v) is 5.29. The number of aromatic nitrogens is 1. The van der Waals surface area contributed by atoms with Gasteiger partial charge < -0.3 is 25.4 Å². The molecular weight excluding hydrogens is 456 g/mol. The van der Waals surface area contributed by atoms with Crippen LogP contribution in [0.1, 0.15) is 32.8 Å². The van der Waals surface area contributed by atoms with Gasteiger partial charge in [-0.2, -0.15) is 0 Å². The Hall–Kier alpha value is -4.07. The second-order valence-corrected chi connectivity index (χ2v) is 8.77. The zero-order valence-electron chi connectivity index (χ0n) is 20.8. The molecule has 0 saturated heterocycles. The Kier molecular flexibility index (Phi) is 10.6. The zero-order valence-corrected chi connectivity index (χ0v) is 20.8. The molecule has 1 heterocycles. The van der Waals surface area contributed by atoms with Crippen molar-refractivity contribution in [3.8, 4) is 5.75 Å². The van der Waals surface area contributed by atoms with Gasteiger partial charge in [0.05, 0.1) is 0 Å². The molecule has 0 spiro atoms. The predicted octanol–water partition coefficient (Wildman–Crippen LogP) is 4.78. The maximum atomic E-state index is 12.7. The Morgan fingerprint density at radius 2 is 1.58 bits per heavy atom. The van der Waals surface area contributed by atoms with E-state index in [1.807, 2.05) is 80.6 Å². The SMILES string of the molecule is CC(C)C[C@H](NC(=O)OCc1ccccc1)C(=O)NCCNc1ccc(OCc2ccncc2)cc1.[HH]. The molecule has 1 aromatic heterocycles. The van der Waals surface area contributed by atoms with Crippen LogP contribution < -0.4 is 20.7 Å². The van der Waals surface area contributed by atoms with Crippen LogP contribution in [-0.2, 0) is 22.7 Å². The second kappa shape index (κ2) is 14.4. The number of hydrogen-bond acceptors (Lipinski definition) is 6. The summed E-state index contributed by atoms with van der Waals surface area (Å²) < 4.78 is 11.0. The minimum atomic E-state index is -0.662. The van der Waals surface area contributed by atoms with Gasteiger partial charge in [0.25, 0.3) is 0 Å². The van der Waals surface area contributed by atoms with E-state index in [4.69, 9.17) is 9.47 Å². The quantitative estimate of drug-likeness (QED) is 0.297. The highest BCUT2D eigenvalue weighted by molar-refractivity contribution is 5.85. The molecule has 192 valence electrons. The van der Waals surface area contributed by atoms with Crippen LogP contribution in [0.4, 0.5) is 10.5 Å². The van der Waals surface area contributed by atoms with Crippen LogP contribution in [-0.4, -0.2) is 36.1 Å². The molecule has 3 aromatic rings. The molecule has 0 unspecified atom stereocenters. The molecule has 0 fully saturated rings. The molecule has 3 rings (SSSR count). The molecule has 8 nitrogen and oxygen atoms in total. The van der Waals surface area contributed by atoms with E-state index >= 15 is 0 Å². The smallest absolute Gasteiger partial charge is 0.408 e. The van der Waals surface area contributed by atoms with Crippen molar-refractivity contribution >= 4 is 17.7 Å². The Morgan fingerprint density at radius 1 is 0.889 bits per heavy atom. The summed E-state index contributed by atoms with van der Waals surface area (Å²) in [4.78, 5) is 28.9. The van der Waals surface area contributed by atoms with Crippen molar-refractivity contribution in [3.63, 3.8) is 0 Å². The first-order valence-electron chi connectivity index (χ1n) is 12.1. The number of pyridine rings is 1. The van der Waals surface area contributed by atoms with E-state index in [1.165, 1.54) is 0 Å². The van der Waals surface area contributed by atoms with E-state index < -0.39 is 12.1 Å². The summed E-state index contributed by atoms with van der Waals surface area (Å²) in [6, 6.07) is 20.2. The number of nitrogens with zero attached hydrogens (tertiary/aromatic N) is 1. The van der Waals surface area contributed by atoms with Gasteiger partial charge in [0.15, 0.2) is 0 Å². The predicted molar refractivity (Wildman–Crippen MR) is 142 cm³/mol. The second-order valence-electron chi connectivity index (χ2n) is 8.77. The summed E-state index contributed by atoms with van der Waals surface area (Å²) in [5.41, 5.74) is 2.86. The highest BCUT2D eigenvalue weighted by Gasteiger charge is 2.22. The minimum absolute atomic E-state index is 0. The van der Waals surface area contributed by atoms with Gasteiger partial charge in [0.2, 0.25) is 5.91 Å². The molecule has 3 N–H and O–H groups in total. The fourth-order valence-electron chi connectivity index (χ4n) is 3.44. The molecule has 2 amide bonds. The van der Waals surface area contributed by atoms with Crippen molar-refractivity contribution in [2.75, 3.05) is 18.4 Å². The molecule has 0 aliphatic carbocycles. The van der Waals surface area contributed by atoms with Crippen molar-refractivity contribution in [1.82, 2.24) is 15.6 Å². The maximum absolute atomic E-state index is 12.7. The highest BCUT2D eigenvalue weighted by Crippen LogP contribution is 2.17. The largest absolute Gasteiger partial charge is 0.489 e. The lowest BCUT2D eigenvalue weighted by Crippen LogP contribution is -2.48. The first kappa shape index (κ1) is 26.5. The average molecular weight is 493 g/mol. The number of benzene rings is 2. The maximum Gasteiger partial charge on any atom is 0.408 e. The molecule has 0 bridgehead atoms. The number of alkyl carbamates (subject to hydrolysis) is 1. The highest BCUT2D eigenvalue weighted by atomic mass is 16.5. The van der Waals surface area contributed by atoms with Crippen molar-refractivity contribution in [2.24, 2.45) is 5.92 Å². The van der Waals surface area contributed by atoms with Gasteiger partial charge in [-0.3, -0.25) is 9.78 Å². The minimum Gasteiger partial charge on any atom is -0.489 e. The van der Waals surface area contributed by atoms with Gasteiger partial charge in [-0.25, -0.2) is 4.79 Å². The van der Waals surface area contributed by atoms with Crippen molar-refractivity contribution < 1.29 is 20.5 Å². The lowest BCUT2D eigenvalue weighted by molar-refractivity contribution is -0.123. The van der Waals surface area contributed by atoms with E-state index in [1.54, 1.807) is 12.4 Å². The summed E-state index contributed by atoms with van der Waals surface area (Å²) in [7, 11) is 0. The topological polar surface area (TPSA) is 102 Å². The Balaban J connectivity index is 0.00000481. The van der Waals surface area contributed by atoms with E-state index in [0.717, 1.165) is 22.6 Å². The summed E-state index contributed by atoms with van der Waals surface area (Å²) in [5.74, 6) is 0.766. The van der Waals surface area contributed by atoms with E-state index in [9.17, 15) is 9.59 Å². The van der Waals surface area contributed by atoms with Crippen LogP contribution >= 0.6 is 0 Å². The van der Waals surface area contributed by atoms with Gasteiger partial charge >= 0.3 is 6.09 Å². The molecule has 0 radical (unpaired) electrons.